The SMILES string of the molecule is CN(C)c1nc2sc(C(=O)NC(C)(C)CCC(=O)O)cc2s1. The van der Waals surface area contributed by atoms with E-state index in [0.29, 0.717) is 11.3 Å². The number of thiophene rings is 1. The smallest absolute Gasteiger partial charge is 0.303 e. The number of fused-ring (bicyclic) bond motifs is 1. The van der Waals surface area contributed by atoms with E-state index in [1.54, 1.807) is 11.3 Å². The first-order valence-corrected chi connectivity index (χ1v) is 8.43. The van der Waals surface area contributed by atoms with E-state index in [2.05, 4.69) is 10.3 Å². The van der Waals surface area contributed by atoms with E-state index in [1.165, 1.54) is 11.3 Å². The summed E-state index contributed by atoms with van der Waals surface area (Å²) in [5, 5.41) is 12.5. The largest absolute Gasteiger partial charge is 0.481 e. The van der Waals surface area contributed by atoms with Gasteiger partial charge in [-0.15, -0.1) is 11.3 Å². The molecule has 0 aliphatic carbocycles. The fourth-order valence-corrected chi connectivity index (χ4v) is 3.91. The molecule has 0 aliphatic rings. The minimum absolute atomic E-state index is 0.0283. The molecule has 2 aromatic rings. The molecule has 0 aromatic carbocycles. The summed E-state index contributed by atoms with van der Waals surface area (Å²) < 4.78 is 0.988. The Kier molecular flexibility index (Phi) is 4.72. The van der Waals surface area contributed by atoms with E-state index >= 15 is 0 Å². The van der Waals surface area contributed by atoms with Crippen LogP contribution in [0.15, 0.2) is 6.07 Å². The van der Waals surface area contributed by atoms with Gasteiger partial charge in [0, 0.05) is 26.1 Å². The van der Waals surface area contributed by atoms with Crippen LogP contribution < -0.4 is 10.2 Å². The van der Waals surface area contributed by atoms with Crippen molar-refractivity contribution in [2.45, 2.75) is 32.2 Å². The maximum atomic E-state index is 12.3. The van der Waals surface area contributed by atoms with Gasteiger partial charge in [-0.25, -0.2) is 4.98 Å². The minimum atomic E-state index is -0.862. The molecular formula is C14H19N3O3S2. The molecule has 0 fully saturated rings. The second-order valence-corrected chi connectivity index (χ2v) is 7.94. The Hall–Kier alpha value is -1.67. The van der Waals surface area contributed by atoms with E-state index in [9.17, 15) is 9.59 Å². The molecule has 120 valence electrons. The third-order valence-corrected chi connectivity index (χ3v) is 5.43. The van der Waals surface area contributed by atoms with Gasteiger partial charge in [-0.05, 0) is 26.3 Å². The summed E-state index contributed by atoms with van der Waals surface area (Å²) in [7, 11) is 3.86. The second-order valence-electron chi connectivity index (χ2n) is 5.90. The molecule has 2 rings (SSSR count). The van der Waals surface area contributed by atoms with E-state index in [4.69, 9.17) is 5.11 Å². The average molecular weight is 341 g/mol. The van der Waals surface area contributed by atoms with E-state index in [0.717, 1.165) is 14.7 Å². The highest BCUT2D eigenvalue weighted by molar-refractivity contribution is 7.29. The fraction of sp³-hybridized carbons (Fsp3) is 0.500. The topological polar surface area (TPSA) is 82.5 Å². The molecule has 0 saturated carbocycles. The molecule has 0 saturated heterocycles. The molecule has 0 spiro atoms. The molecule has 0 aliphatic heterocycles. The summed E-state index contributed by atoms with van der Waals surface area (Å²) in [5.74, 6) is -1.05. The first-order chi connectivity index (χ1) is 10.2. The summed E-state index contributed by atoms with van der Waals surface area (Å²) in [6.07, 6.45) is 0.414. The van der Waals surface area contributed by atoms with Crippen molar-refractivity contribution in [3.63, 3.8) is 0 Å². The zero-order valence-corrected chi connectivity index (χ0v) is 14.6. The van der Waals surface area contributed by atoms with Crippen molar-refractivity contribution in [3.8, 4) is 0 Å². The maximum Gasteiger partial charge on any atom is 0.303 e. The molecule has 2 heterocycles. The number of aromatic nitrogens is 1. The quantitative estimate of drug-likeness (QED) is 0.844. The van der Waals surface area contributed by atoms with Crippen LogP contribution >= 0.6 is 22.7 Å². The van der Waals surface area contributed by atoms with Crippen LogP contribution in [0, 0.1) is 0 Å². The number of hydrogen-bond acceptors (Lipinski definition) is 6. The summed E-state index contributed by atoms with van der Waals surface area (Å²) >= 11 is 2.90. The molecule has 0 radical (unpaired) electrons. The Morgan fingerprint density at radius 3 is 2.59 bits per heavy atom. The van der Waals surface area contributed by atoms with Crippen molar-refractivity contribution in [1.82, 2.24) is 10.3 Å². The first-order valence-electron chi connectivity index (χ1n) is 6.80. The lowest BCUT2D eigenvalue weighted by molar-refractivity contribution is -0.137. The third kappa shape index (κ3) is 3.95. The molecule has 2 N–H and O–H groups in total. The number of carboxylic acids is 1. The molecule has 0 atom stereocenters. The monoisotopic (exact) mass is 341 g/mol. The lowest BCUT2D eigenvalue weighted by Crippen LogP contribution is -2.43. The van der Waals surface area contributed by atoms with Crippen molar-refractivity contribution >= 4 is 49.2 Å². The number of hydrogen-bond donors (Lipinski definition) is 2. The van der Waals surface area contributed by atoms with Gasteiger partial charge in [-0.3, -0.25) is 9.59 Å². The van der Waals surface area contributed by atoms with Gasteiger partial charge in [-0.1, -0.05) is 11.3 Å². The number of nitrogens with zero attached hydrogens (tertiary/aromatic N) is 2. The van der Waals surface area contributed by atoms with Gasteiger partial charge in [0.1, 0.15) is 4.83 Å². The van der Waals surface area contributed by atoms with Gasteiger partial charge in [0.2, 0.25) is 0 Å². The van der Waals surface area contributed by atoms with Gasteiger partial charge >= 0.3 is 5.97 Å². The van der Waals surface area contributed by atoms with E-state index in [-0.39, 0.29) is 12.3 Å². The molecular weight excluding hydrogens is 322 g/mol. The molecule has 0 bridgehead atoms. The number of anilines is 1. The van der Waals surface area contributed by atoms with Gasteiger partial charge < -0.3 is 15.3 Å². The first kappa shape index (κ1) is 16.7. The van der Waals surface area contributed by atoms with Crippen molar-refractivity contribution in [3.05, 3.63) is 10.9 Å². The summed E-state index contributed by atoms with van der Waals surface area (Å²) in [6.45, 7) is 3.65. The molecule has 8 heteroatoms. The standard InChI is InChI=1S/C14H19N3O3S2/c1-14(2,6-5-10(18)19)16-11(20)8-7-9-12(21-8)15-13(22-9)17(3)4/h7H,5-6H2,1-4H3,(H,16,20)(H,18,19). The zero-order valence-electron chi connectivity index (χ0n) is 13.0. The minimum Gasteiger partial charge on any atom is -0.481 e. The van der Waals surface area contributed by atoms with Crippen molar-refractivity contribution in [1.29, 1.82) is 0 Å². The number of carbonyl (C=O) groups excluding carboxylic acids is 1. The molecule has 6 nitrogen and oxygen atoms in total. The van der Waals surface area contributed by atoms with Gasteiger partial charge in [0.05, 0.1) is 9.58 Å². The molecule has 22 heavy (non-hydrogen) atoms. The number of carboxylic acid groups (broad SMARTS) is 1. The predicted molar refractivity (Wildman–Crippen MR) is 90.2 cm³/mol. The predicted octanol–water partition coefficient (Wildman–Crippen LogP) is 2.80. The number of amides is 1. The Balaban J connectivity index is 2.09. The van der Waals surface area contributed by atoms with Crippen LogP contribution in [0.25, 0.3) is 9.53 Å². The second kappa shape index (κ2) is 6.21. The highest BCUT2D eigenvalue weighted by Gasteiger charge is 2.23. The van der Waals surface area contributed by atoms with Crippen LogP contribution in [0.4, 0.5) is 5.13 Å². The van der Waals surface area contributed by atoms with E-state index < -0.39 is 11.5 Å². The Bertz CT molecular complexity index is 672. The van der Waals surface area contributed by atoms with Crippen LogP contribution in [0.2, 0.25) is 0 Å². The average Bonchev–Trinajstić information content (AvgIpc) is 2.93. The van der Waals surface area contributed by atoms with Crippen LogP contribution in [0.3, 0.4) is 0 Å². The molecule has 2 aromatic heterocycles. The summed E-state index contributed by atoms with van der Waals surface area (Å²) in [4.78, 5) is 30.8. The molecule has 1 amide bonds. The maximum absolute atomic E-state index is 12.3. The van der Waals surface area contributed by atoms with Crippen molar-refractivity contribution in [2.75, 3.05) is 19.0 Å². The highest BCUT2D eigenvalue weighted by atomic mass is 32.1. The highest BCUT2D eigenvalue weighted by Crippen LogP contribution is 2.34. The Morgan fingerprint density at radius 2 is 2.05 bits per heavy atom. The van der Waals surface area contributed by atoms with Crippen LogP contribution in [-0.4, -0.2) is 41.6 Å². The number of nitrogens with one attached hydrogen (secondary N) is 1. The Morgan fingerprint density at radius 1 is 1.36 bits per heavy atom. The number of carbonyl (C=O) groups is 2. The summed E-state index contributed by atoms with van der Waals surface area (Å²) in [5.41, 5.74) is -0.560. The molecule has 0 unspecified atom stereocenters. The van der Waals surface area contributed by atoms with Gasteiger partial charge in [-0.2, -0.15) is 0 Å². The normalized spacial score (nSPS) is 11.6. The van der Waals surface area contributed by atoms with Crippen molar-refractivity contribution < 1.29 is 14.7 Å². The number of rotatable bonds is 6. The summed E-state index contributed by atoms with van der Waals surface area (Å²) in [6, 6.07) is 1.84. The number of thiazole rings is 1. The van der Waals surface area contributed by atoms with Crippen LogP contribution in [0.1, 0.15) is 36.4 Å². The lowest BCUT2D eigenvalue weighted by atomic mass is 9.98. The van der Waals surface area contributed by atoms with Gasteiger partial charge in [0.15, 0.2) is 5.13 Å². The third-order valence-electron chi connectivity index (χ3n) is 3.10. The fourth-order valence-electron chi connectivity index (χ4n) is 1.88. The van der Waals surface area contributed by atoms with Crippen LogP contribution in [-0.2, 0) is 4.79 Å². The van der Waals surface area contributed by atoms with E-state index in [1.807, 2.05) is 38.9 Å². The van der Waals surface area contributed by atoms with Gasteiger partial charge in [0.25, 0.3) is 5.91 Å². The van der Waals surface area contributed by atoms with Crippen LogP contribution in [0.5, 0.6) is 0 Å². The zero-order chi connectivity index (χ0) is 16.5. The lowest BCUT2D eigenvalue weighted by Gasteiger charge is -2.25. The van der Waals surface area contributed by atoms with Crippen molar-refractivity contribution in [2.24, 2.45) is 0 Å². The number of aliphatic carboxylic acids is 1. The Labute approximate surface area is 136 Å².